The zero-order valence-electron chi connectivity index (χ0n) is 11.9. The molecule has 0 heterocycles. The third kappa shape index (κ3) is 6.13. The maximum atomic E-state index is 5.99. The second-order valence-corrected chi connectivity index (χ2v) is 5.15. The van der Waals surface area contributed by atoms with Crippen molar-refractivity contribution in [2.45, 2.75) is 39.2 Å². The van der Waals surface area contributed by atoms with Gasteiger partial charge in [-0.2, -0.15) is 0 Å². The summed E-state index contributed by atoms with van der Waals surface area (Å²) in [6.45, 7) is 9.84. The van der Waals surface area contributed by atoms with Gasteiger partial charge in [-0.05, 0) is 56.5 Å². The first-order chi connectivity index (χ1) is 9.17. The number of benzene rings is 1. The maximum absolute atomic E-state index is 5.99. The van der Waals surface area contributed by atoms with Crippen LogP contribution in [-0.4, -0.2) is 19.2 Å². The van der Waals surface area contributed by atoms with Crippen molar-refractivity contribution in [3.05, 3.63) is 41.4 Å². The van der Waals surface area contributed by atoms with Gasteiger partial charge >= 0.3 is 0 Å². The lowest BCUT2D eigenvalue weighted by atomic mass is 10.1. The molecule has 0 saturated carbocycles. The van der Waals surface area contributed by atoms with E-state index >= 15 is 0 Å². The Kier molecular flexibility index (Phi) is 7.61. The molecule has 0 aliphatic carbocycles. The molecule has 1 aromatic rings. The van der Waals surface area contributed by atoms with E-state index in [-0.39, 0.29) is 0 Å². The first kappa shape index (κ1) is 16.1. The lowest BCUT2D eigenvalue weighted by Crippen LogP contribution is -2.27. The Balaban J connectivity index is 2.38. The molecule has 3 heteroatoms. The van der Waals surface area contributed by atoms with Gasteiger partial charge < -0.3 is 10.1 Å². The van der Waals surface area contributed by atoms with Gasteiger partial charge in [-0.25, -0.2) is 0 Å². The predicted molar refractivity (Wildman–Crippen MR) is 83.2 cm³/mol. The largest absolute Gasteiger partial charge is 0.493 e. The van der Waals surface area contributed by atoms with Crippen LogP contribution in [0.3, 0.4) is 0 Å². The molecule has 0 fully saturated rings. The van der Waals surface area contributed by atoms with E-state index < -0.39 is 0 Å². The second-order valence-electron chi connectivity index (χ2n) is 4.71. The highest BCUT2D eigenvalue weighted by molar-refractivity contribution is 6.30. The standard InChI is InChI=1S/C16H24ClNO/c1-4-7-14-12-15(17)8-9-16(14)19-11-6-10-18-13(3)5-2/h4,8-9,12-13,18H,1,5-7,10-11H2,2-3H3/t13-/m0/s1. The van der Waals surface area contributed by atoms with Crippen molar-refractivity contribution in [2.24, 2.45) is 0 Å². The summed E-state index contributed by atoms with van der Waals surface area (Å²) < 4.78 is 5.81. The molecule has 0 amide bonds. The van der Waals surface area contributed by atoms with Gasteiger partial charge in [-0.15, -0.1) is 6.58 Å². The minimum absolute atomic E-state index is 0.576. The third-order valence-corrected chi connectivity index (χ3v) is 3.31. The molecule has 0 aliphatic heterocycles. The van der Waals surface area contributed by atoms with E-state index in [0.717, 1.165) is 48.7 Å². The Morgan fingerprint density at radius 3 is 2.95 bits per heavy atom. The zero-order chi connectivity index (χ0) is 14.1. The van der Waals surface area contributed by atoms with Crippen molar-refractivity contribution < 1.29 is 4.74 Å². The Morgan fingerprint density at radius 2 is 2.26 bits per heavy atom. The summed E-state index contributed by atoms with van der Waals surface area (Å²) >= 11 is 5.99. The zero-order valence-corrected chi connectivity index (χ0v) is 12.7. The normalized spacial score (nSPS) is 12.2. The second kappa shape index (κ2) is 9.00. The minimum atomic E-state index is 0.576. The van der Waals surface area contributed by atoms with Crippen LogP contribution in [0.15, 0.2) is 30.9 Å². The van der Waals surface area contributed by atoms with Crippen LogP contribution in [0.5, 0.6) is 5.75 Å². The Morgan fingerprint density at radius 1 is 1.47 bits per heavy atom. The van der Waals surface area contributed by atoms with Gasteiger partial charge in [0.2, 0.25) is 0 Å². The maximum Gasteiger partial charge on any atom is 0.122 e. The number of nitrogens with one attached hydrogen (secondary N) is 1. The van der Waals surface area contributed by atoms with Crippen molar-refractivity contribution in [1.29, 1.82) is 0 Å². The summed E-state index contributed by atoms with van der Waals surface area (Å²) in [5.41, 5.74) is 1.09. The van der Waals surface area contributed by atoms with Crippen molar-refractivity contribution >= 4 is 11.6 Å². The minimum Gasteiger partial charge on any atom is -0.493 e. The third-order valence-electron chi connectivity index (χ3n) is 3.07. The van der Waals surface area contributed by atoms with E-state index in [9.17, 15) is 0 Å². The SMILES string of the molecule is C=CCc1cc(Cl)ccc1OCCCN[C@@H](C)CC. The van der Waals surface area contributed by atoms with E-state index in [1.807, 2.05) is 24.3 Å². The van der Waals surface area contributed by atoms with Crippen LogP contribution in [0.4, 0.5) is 0 Å². The fraction of sp³-hybridized carbons (Fsp3) is 0.500. The molecular formula is C16H24ClNO. The van der Waals surface area contributed by atoms with Crippen molar-refractivity contribution in [1.82, 2.24) is 5.32 Å². The molecule has 0 aliphatic rings. The molecule has 1 rings (SSSR count). The summed E-state index contributed by atoms with van der Waals surface area (Å²) in [7, 11) is 0. The first-order valence-corrected chi connectivity index (χ1v) is 7.30. The quantitative estimate of drug-likeness (QED) is 0.540. The molecule has 0 radical (unpaired) electrons. The molecule has 1 atom stereocenters. The monoisotopic (exact) mass is 281 g/mol. The number of hydrogen-bond acceptors (Lipinski definition) is 2. The molecule has 19 heavy (non-hydrogen) atoms. The fourth-order valence-electron chi connectivity index (χ4n) is 1.75. The summed E-state index contributed by atoms with van der Waals surface area (Å²) in [5.74, 6) is 0.910. The molecule has 0 unspecified atom stereocenters. The molecule has 106 valence electrons. The smallest absolute Gasteiger partial charge is 0.122 e. The lowest BCUT2D eigenvalue weighted by molar-refractivity contribution is 0.302. The Hall–Kier alpha value is -0.990. The van der Waals surface area contributed by atoms with Crippen LogP contribution >= 0.6 is 11.6 Å². The fourth-order valence-corrected chi connectivity index (χ4v) is 1.95. The molecule has 0 aromatic heterocycles. The van der Waals surface area contributed by atoms with Gasteiger partial charge in [0.25, 0.3) is 0 Å². The van der Waals surface area contributed by atoms with E-state index in [2.05, 4.69) is 25.7 Å². The predicted octanol–water partition coefficient (Wildman–Crippen LogP) is 4.23. The Bertz CT molecular complexity index is 392. The summed E-state index contributed by atoms with van der Waals surface area (Å²) in [5, 5.41) is 4.19. The van der Waals surface area contributed by atoms with Crippen LogP contribution in [0.1, 0.15) is 32.3 Å². The number of allylic oxidation sites excluding steroid dienone is 1. The molecule has 2 nitrogen and oxygen atoms in total. The molecule has 1 aromatic carbocycles. The van der Waals surface area contributed by atoms with Crippen LogP contribution in [0.2, 0.25) is 5.02 Å². The Labute approximate surface area is 121 Å². The topological polar surface area (TPSA) is 21.3 Å². The van der Waals surface area contributed by atoms with Gasteiger partial charge in [-0.1, -0.05) is 24.6 Å². The summed E-state index contributed by atoms with van der Waals surface area (Å²) in [6.07, 6.45) is 4.80. The molecular weight excluding hydrogens is 258 g/mol. The number of rotatable bonds is 9. The number of ether oxygens (including phenoxy) is 1. The highest BCUT2D eigenvalue weighted by Gasteiger charge is 2.03. The molecule has 0 spiro atoms. The van der Waals surface area contributed by atoms with Crippen molar-refractivity contribution in [3.8, 4) is 5.75 Å². The van der Waals surface area contributed by atoms with Gasteiger partial charge in [0.1, 0.15) is 5.75 Å². The van der Waals surface area contributed by atoms with Gasteiger partial charge in [0, 0.05) is 11.1 Å². The summed E-state index contributed by atoms with van der Waals surface area (Å²) in [4.78, 5) is 0. The number of hydrogen-bond donors (Lipinski definition) is 1. The highest BCUT2D eigenvalue weighted by Crippen LogP contribution is 2.23. The van der Waals surface area contributed by atoms with E-state index in [1.165, 1.54) is 0 Å². The first-order valence-electron chi connectivity index (χ1n) is 6.92. The molecule has 0 bridgehead atoms. The summed E-state index contributed by atoms with van der Waals surface area (Å²) in [6, 6.07) is 6.31. The van der Waals surface area contributed by atoms with Crippen LogP contribution in [0.25, 0.3) is 0 Å². The van der Waals surface area contributed by atoms with E-state index in [4.69, 9.17) is 16.3 Å². The average molecular weight is 282 g/mol. The van der Waals surface area contributed by atoms with Crippen LogP contribution in [0, 0.1) is 0 Å². The van der Waals surface area contributed by atoms with Crippen LogP contribution < -0.4 is 10.1 Å². The average Bonchev–Trinajstić information content (AvgIpc) is 2.40. The molecule has 0 saturated heterocycles. The van der Waals surface area contributed by atoms with Crippen molar-refractivity contribution in [2.75, 3.05) is 13.2 Å². The molecule has 1 N–H and O–H groups in total. The van der Waals surface area contributed by atoms with Crippen LogP contribution in [-0.2, 0) is 6.42 Å². The van der Waals surface area contributed by atoms with Crippen molar-refractivity contribution in [3.63, 3.8) is 0 Å². The van der Waals surface area contributed by atoms with E-state index in [1.54, 1.807) is 0 Å². The van der Waals surface area contributed by atoms with Gasteiger partial charge in [0.05, 0.1) is 6.61 Å². The number of halogens is 1. The lowest BCUT2D eigenvalue weighted by Gasteiger charge is -2.13. The van der Waals surface area contributed by atoms with Gasteiger partial charge in [0.15, 0.2) is 0 Å². The van der Waals surface area contributed by atoms with Gasteiger partial charge in [-0.3, -0.25) is 0 Å². The van der Waals surface area contributed by atoms with E-state index in [0.29, 0.717) is 6.04 Å². The highest BCUT2D eigenvalue weighted by atomic mass is 35.5.